The Balaban J connectivity index is 2.02. The standard InChI is InChI=1S/C10H10N2O/c1-2-4-9(5-3-1)13-10-6-7-11-8-12-10/h1-8,10H,(H,11,12). The van der Waals surface area contributed by atoms with Gasteiger partial charge in [0.1, 0.15) is 5.75 Å². The van der Waals surface area contributed by atoms with Crippen molar-refractivity contribution >= 4 is 6.34 Å². The molecule has 0 aliphatic carbocycles. The van der Waals surface area contributed by atoms with E-state index in [9.17, 15) is 0 Å². The van der Waals surface area contributed by atoms with Crippen molar-refractivity contribution in [2.45, 2.75) is 6.23 Å². The van der Waals surface area contributed by atoms with E-state index in [0.29, 0.717) is 0 Å². The Bertz CT molecular complexity index is 307. The Morgan fingerprint density at radius 2 is 2.08 bits per heavy atom. The van der Waals surface area contributed by atoms with E-state index in [1.807, 2.05) is 36.4 Å². The maximum Gasteiger partial charge on any atom is 0.212 e. The predicted octanol–water partition coefficient (Wildman–Crippen LogP) is 1.54. The van der Waals surface area contributed by atoms with Crippen LogP contribution in [0.1, 0.15) is 0 Å². The predicted molar refractivity (Wildman–Crippen MR) is 51.6 cm³/mol. The van der Waals surface area contributed by atoms with Gasteiger partial charge in [-0.15, -0.1) is 0 Å². The largest absolute Gasteiger partial charge is 0.465 e. The zero-order valence-electron chi connectivity index (χ0n) is 7.05. The van der Waals surface area contributed by atoms with Crippen LogP contribution < -0.4 is 10.1 Å². The summed E-state index contributed by atoms with van der Waals surface area (Å²) in [5, 5.41) is 2.85. The van der Waals surface area contributed by atoms with E-state index in [1.54, 1.807) is 12.5 Å². The summed E-state index contributed by atoms with van der Waals surface area (Å²) in [6.45, 7) is 0. The lowest BCUT2D eigenvalue weighted by Gasteiger charge is -2.13. The van der Waals surface area contributed by atoms with Gasteiger partial charge in [0, 0.05) is 6.20 Å². The van der Waals surface area contributed by atoms with E-state index in [2.05, 4.69) is 10.3 Å². The van der Waals surface area contributed by atoms with Crippen molar-refractivity contribution in [2.75, 3.05) is 0 Å². The molecule has 0 amide bonds. The van der Waals surface area contributed by atoms with Gasteiger partial charge >= 0.3 is 0 Å². The molecule has 1 atom stereocenters. The third-order valence-electron chi connectivity index (χ3n) is 1.65. The third-order valence-corrected chi connectivity index (χ3v) is 1.65. The number of ether oxygens (including phenoxy) is 1. The number of aliphatic imine (C=N–C) groups is 1. The molecule has 1 N–H and O–H groups in total. The molecule has 1 aliphatic heterocycles. The zero-order valence-corrected chi connectivity index (χ0v) is 7.05. The Hall–Kier alpha value is -1.77. The number of nitrogens with zero attached hydrogens (tertiary/aromatic N) is 1. The van der Waals surface area contributed by atoms with Gasteiger partial charge in [0.2, 0.25) is 6.23 Å². The average Bonchev–Trinajstić information content (AvgIpc) is 2.21. The van der Waals surface area contributed by atoms with Gasteiger partial charge in [-0.2, -0.15) is 0 Å². The molecule has 3 heteroatoms. The summed E-state index contributed by atoms with van der Waals surface area (Å²) in [6.07, 6.45) is 5.07. The second-order valence-corrected chi connectivity index (χ2v) is 2.63. The van der Waals surface area contributed by atoms with Gasteiger partial charge in [-0.05, 0) is 18.2 Å². The molecule has 0 bridgehead atoms. The molecule has 0 saturated heterocycles. The van der Waals surface area contributed by atoms with Crippen LogP contribution in [0.3, 0.4) is 0 Å². The molecule has 0 aromatic heterocycles. The van der Waals surface area contributed by atoms with Crippen LogP contribution >= 0.6 is 0 Å². The number of hydrogen-bond donors (Lipinski definition) is 1. The molecule has 0 spiro atoms. The molecule has 1 aliphatic rings. The second kappa shape index (κ2) is 3.76. The van der Waals surface area contributed by atoms with Crippen molar-refractivity contribution in [3.63, 3.8) is 0 Å². The van der Waals surface area contributed by atoms with Gasteiger partial charge in [0.15, 0.2) is 0 Å². The number of nitrogens with one attached hydrogen (secondary N) is 1. The molecule has 66 valence electrons. The lowest BCUT2D eigenvalue weighted by molar-refractivity contribution is 0.258. The van der Waals surface area contributed by atoms with Crippen LogP contribution in [0.25, 0.3) is 0 Å². The molecule has 0 radical (unpaired) electrons. The minimum atomic E-state index is -0.205. The molecular formula is C10H10N2O. The lowest BCUT2D eigenvalue weighted by Crippen LogP contribution is -2.18. The zero-order chi connectivity index (χ0) is 8.93. The van der Waals surface area contributed by atoms with Gasteiger partial charge in [-0.3, -0.25) is 0 Å². The number of benzene rings is 1. The minimum Gasteiger partial charge on any atom is -0.465 e. The Morgan fingerprint density at radius 3 is 2.77 bits per heavy atom. The van der Waals surface area contributed by atoms with E-state index < -0.39 is 0 Å². The highest BCUT2D eigenvalue weighted by Crippen LogP contribution is 2.12. The van der Waals surface area contributed by atoms with Gasteiger partial charge in [0.25, 0.3) is 0 Å². The van der Waals surface area contributed by atoms with Crippen LogP contribution in [0, 0.1) is 0 Å². The summed E-state index contributed by atoms with van der Waals surface area (Å²) in [7, 11) is 0. The summed E-state index contributed by atoms with van der Waals surface area (Å²) in [6, 6.07) is 9.64. The first-order chi connectivity index (χ1) is 6.45. The normalized spacial score (nSPS) is 19.5. The summed E-state index contributed by atoms with van der Waals surface area (Å²) >= 11 is 0. The lowest BCUT2D eigenvalue weighted by atomic mass is 10.3. The van der Waals surface area contributed by atoms with Crippen molar-refractivity contribution in [1.29, 1.82) is 0 Å². The first kappa shape index (κ1) is 7.86. The summed E-state index contributed by atoms with van der Waals surface area (Å²) in [5.74, 6) is 0.830. The molecule has 3 nitrogen and oxygen atoms in total. The van der Waals surface area contributed by atoms with E-state index in [4.69, 9.17) is 4.74 Å². The van der Waals surface area contributed by atoms with Crippen LogP contribution in [0.2, 0.25) is 0 Å². The number of hydrogen-bond acceptors (Lipinski definition) is 3. The fraction of sp³-hybridized carbons (Fsp3) is 0.100. The topological polar surface area (TPSA) is 33.6 Å². The molecule has 0 saturated carbocycles. The monoisotopic (exact) mass is 174 g/mol. The molecule has 13 heavy (non-hydrogen) atoms. The molecule has 1 aromatic rings. The van der Waals surface area contributed by atoms with Crippen molar-refractivity contribution in [3.8, 4) is 5.75 Å². The van der Waals surface area contributed by atoms with Gasteiger partial charge in [0.05, 0.1) is 6.34 Å². The second-order valence-electron chi connectivity index (χ2n) is 2.63. The van der Waals surface area contributed by atoms with Crippen molar-refractivity contribution in [1.82, 2.24) is 5.32 Å². The molecule has 2 rings (SSSR count). The molecule has 1 heterocycles. The SMILES string of the molecule is C1=CC(Oc2ccccc2)N=CN1. The highest BCUT2D eigenvalue weighted by molar-refractivity contribution is 5.57. The minimum absolute atomic E-state index is 0.205. The number of rotatable bonds is 2. The van der Waals surface area contributed by atoms with Crippen LogP contribution in [0.5, 0.6) is 5.75 Å². The van der Waals surface area contributed by atoms with Gasteiger partial charge in [-0.25, -0.2) is 4.99 Å². The fourth-order valence-corrected chi connectivity index (χ4v) is 1.06. The average molecular weight is 174 g/mol. The third kappa shape index (κ3) is 2.08. The van der Waals surface area contributed by atoms with E-state index in [1.165, 1.54) is 0 Å². The van der Waals surface area contributed by atoms with Gasteiger partial charge in [-0.1, -0.05) is 18.2 Å². The summed E-state index contributed by atoms with van der Waals surface area (Å²) in [5.41, 5.74) is 0. The van der Waals surface area contributed by atoms with Gasteiger partial charge < -0.3 is 10.1 Å². The first-order valence-electron chi connectivity index (χ1n) is 4.11. The molecule has 0 fully saturated rings. The fourth-order valence-electron chi connectivity index (χ4n) is 1.06. The van der Waals surface area contributed by atoms with Crippen LogP contribution in [0.15, 0.2) is 47.6 Å². The van der Waals surface area contributed by atoms with E-state index in [-0.39, 0.29) is 6.23 Å². The summed E-state index contributed by atoms with van der Waals surface area (Å²) < 4.78 is 5.53. The molecule has 1 aromatic carbocycles. The Morgan fingerprint density at radius 1 is 1.23 bits per heavy atom. The van der Waals surface area contributed by atoms with Crippen LogP contribution in [0.4, 0.5) is 0 Å². The van der Waals surface area contributed by atoms with E-state index in [0.717, 1.165) is 5.75 Å². The Labute approximate surface area is 76.8 Å². The van der Waals surface area contributed by atoms with E-state index >= 15 is 0 Å². The highest BCUT2D eigenvalue weighted by Gasteiger charge is 2.04. The van der Waals surface area contributed by atoms with Crippen molar-refractivity contribution in [3.05, 3.63) is 42.6 Å². The van der Waals surface area contributed by atoms with Crippen LogP contribution in [-0.2, 0) is 0 Å². The molecular weight excluding hydrogens is 164 g/mol. The number of para-hydroxylation sites is 1. The maximum absolute atomic E-state index is 5.53. The van der Waals surface area contributed by atoms with Crippen molar-refractivity contribution in [2.24, 2.45) is 4.99 Å². The molecule has 1 unspecified atom stereocenters. The summed E-state index contributed by atoms with van der Waals surface area (Å²) in [4.78, 5) is 4.08. The van der Waals surface area contributed by atoms with Crippen LogP contribution in [-0.4, -0.2) is 12.6 Å². The first-order valence-corrected chi connectivity index (χ1v) is 4.11. The quantitative estimate of drug-likeness (QED) is 0.737. The highest BCUT2D eigenvalue weighted by atomic mass is 16.5. The Kier molecular flexibility index (Phi) is 2.27. The maximum atomic E-state index is 5.53. The van der Waals surface area contributed by atoms with Crippen molar-refractivity contribution < 1.29 is 4.74 Å². The smallest absolute Gasteiger partial charge is 0.212 e.